The molecule has 3 heteroatoms. The van der Waals surface area contributed by atoms with Crippen molar-refractivity contribution in [3.8, 4) is 0 Å². The maximum absolute atomic E-state index is 6.22. The number of nitrogens with zero attached hydrogens (tertiary/aromatic N) is 1. The molecule has 0 radical (unpaired) electrons. The van der Waals surface area contributed by atoms with Crippen LogP contribution in [0.5, 0.6) is 0 Å². The molecule has 0 spiro atoms. The third-order valence-corrected chi connectivity index (χ3v) is 3.60. The SMILES string of the molecule is Cc1nc(C(C)(C)C2(N)CC2)oc1C. The van der Waals surface area contributed by atoms with Gasteiger partial charge in [-0.3, -0.25) is 0 Å². The lowest BCUT2D eigenvalue weighted by atomic mass is 9.82. The molecule has 1 aromatic rings. The summed E-state index contributed by atoms with van der Waals surface area (Å²) < 4.78 is 5.65. The zero-order valence-corrected chi connectivity index (χ0v) is 9.35. The van der Waals surface area contributed by atoms with Gasteiger partial charge in [0.05, 0.1) is 11.1 Å². The summed E-state index contributed by atoms with van der Waals surface area (Å²) in [6, 6.07) is 0. The van der Waals surface area contributed by atoms with E-state index in [-0.39, 0.29) is 11.0 Å². The average molecular weight is 194 g/mol. The van der Waals surface area contributed by atoms with Crippen molar-refractivity contribution in [1.82, 2.24) is 4.98 Å². The van der Waals surface area contributed by atoms with Crippen molar-refractivity contribution in [2.45, 2.75) is 51.5 Å². The van der Waals surface area contributed by atoms with Gasteiger partial charge in [0.1, 0.15) is 5.76 Å². The second kappa shape index (κ2) is 2.60. The Labute approximate surface area is 84.7 Å². The van der Waals surface area contributed by atoms with Gasteiger partial charge in [-0.1, -0.05) is 0 Å². The van der Waals surface area contributed by atoms with Crippen molar-refractivity contribution in [3.63, 3.8) is 0 Å². The molecular formula is C11H18N2O. The fourth-order valence-electron chi connectivity index (χ4n) is 1.71. The monoisotopic (exact) mass is 194 g/mol. The highest BCUT2D eigenvalue weighted by Gasteiger charge is 2.54. The van der Waals surface area contributed by atoms with Gasteiger partial charge >= 0.3 is 0 Å². The van der Waals surface area contributed by atoms with Crippen LogP contribution in [0.3, 0.4) is 0 Å². The lowest BCUT2D eigenvalue weighted by molar-refractivity contribution is 0.295. The Hall–Kier alpha value is -0.830. The van der Waals surface area contributed by atoms with Crippen LogP contribution in [0.2, 0.25) is 0 Å². The fourth-order valence-corrected chi connectivity index (χ4v) is 1.71. The van der Waals surface area contributed by atoms with E-state index in [1.807, 2.05) is 13.8 Å². The molecule has 1 saturated carbocycles. The van der Waals surface area contributed by atoms with E-state index in [4.69, 9.17) is 10.2 Å². The number of aromatic nitrogens is 1. The van der Waals surface area contributed by atoms with Crippen molar-refractivity contribution >= 4 is 0 Å². The van der Waals surface area contributed by atoms with Crippen molar-refractivity contribution < 1.29 is 4.42 Å². The highest BCUT2D eigenvalue weighted by molar-refractivity contribution is 5.23. The molecule has 1 aromatic heterocycles. The summed E-state index contributed by atoms with van der Waals surface area (Å²) in [6.07, 6.45) is 2.14. The molecule has 0 aromatic carbocycles. The van der Waals surface area contributed by atoms with Crippen LogP contribution in [0.25, 0.3) is 0 Å². The first-order chi connectivity index (χ1) is 6.37. The Bertz CT molecular complexity index is 342. The van der Waals surface area contributed by atoms with Crippen LogP contribution in [0.15, 0.2) is 4.42 Å². The summed E-state index contributed by atoms with van der Waals surface area (Å²) in [5.74, 6) is 1.69. The molecule has 14 heavy (non-hydrogen) atoms. The van der Waals surface area contributed by atoms with Gasteiger partial charge in [-0.25, -0.2) is 4.98 Å². The smallest absolute Gasteiger partial charge is 0.202 e. The first-order valence-electron chi connectivity index (χ1n) is 5.10. The van der Waals surface area contributed by atoms with Gasteiger partial charge in [-0.2, -0.15) is 0 Å². The molecule has 1 fully saturated rings. The van der Waals surface area contributed by atoms with E-state index in [1.165, 1.54) is 0 Å². The number of aryl methyl sites for hydroxylation is 2. The number of nitrogens with two attached hydrogens (primary N) is 1. The number of oxazole rings is 1. The number of hydrogen-bond acceptors (Lipinski definition) is 3. The second-order valence-electron chi connectivity index (χ2n) is 4.94. The third kappa shape index (κ3) is 1.19. The predicted molar refractivity (Wildman–Crippen MR) is 55.2 cm³/mol. The molecule has 2 rings (SSSR count). The fraction of sp³-hybridized carbons (Fsp3) is 0.727. The quantitative estimate of drug-likeness (QED) is 0.784. The van der Waals surface area contributed by atoms with Gasteiger partial charge in [-0.05, 0) is 40.5 Å². The highest BCUT2D eigenvalue weighted by Crippen LogP contribution is 2.48. The van der Waals surface area contributed by atoms with Crippen molar-refractivity contribution in [2.75, 3.05) is 0 Å². The Morgan fingerprint density at radius 3 is 2.29 bits per heavy atom. The van der Waals surface area contributed by atoms with Gasteiger partial charge < -0.3 is 10.2 Å². The Kier molecular flexibility index (Phi) is 1.80. The predicted octanol–water partition coefficient (Wildman–Crippen LogP) is 2.06. The molecule has 1 aliphatic carbocycles. The molecule has 78 valence electrons. The molecule has 0 atom stereocenters. The van der Waals surface area contributed by atoms with Crippen LogP contribution >= 0.6 is 0 Å². The van der Waals surface area contributed by atoms with Crippen molar-refractivity contribution in [2.24, 2.45) is 5.73 Å². The van der Waals surface area contributed by atoms with Gasteiger partial charge in [0.25, 0.3) is 0 Å². The maximum atomic E-state index is 6.22. The summed E-state index contributed by atoms with van der Waals surface area (Å²) in [5.41, 5.74) is 6.94. The highest BCUT2D eigenvalue weighted by atomic mass is 16.4. The summed E-state index contributed by atoms with van der Waals surface area (Å²) in [5, 5.41) is 0. The molecular weight excluding hydrogens is 176 g/mol. The van der Waals surface area contributed by atoms with Gasteiger partial charge in [0, 0.05) is 5.54 Å². The van der Waals surface area contributed by atoms with Gasteiger partial charge in [0.15, 0.2) is 0 Å². The van der Waals surface area contributed by atoms with Crippen LogP contribution in [0.1, 0.15) is 44.0 Å². The molecule has 3 nitrogen and oxygen atoms in total. The van der Waals surface area contributed by atoms with Crippen LogP contribution in [-0.4, -0.2) is 10.5 Å². The van der Waals surface area contributed by atoms with E-state index >= 15 is 0 Å². The Morgan fingerprint density at radius 1 is 1.36 bits per heavy atom. The first kappa shape index (κ1) is 9.71. The molecule has 0 bridgehead atoms. The zero-order chi connectivity index (χ0) is 10.6. The minimum Gasteiger partial charge on any atom is -0.445 e. The second-order valence-corrected chi connectivity index (χ2v) is 4.94. The minimum atomic E-state index is -0.147. The van der Waals surface area contributed by atoms with E-state index < -0.39 is 0 Å². The van der Waals surface area contributed by atoms with Crippen molar-refractivity contribution in [1.29, 1.82) is 0 Å². The van der Waals surface area contributed by atoms with E-state index in [0.717, 1.165) is 30.2 Å². The molecule has 0 unspecified atom stereocenters. The van der Waals surface area contributed by atoms with E-state index in [1.54, 1.807) is 0 Å². The normalized spacial score (nSPS) is 19.8. The Balaban J connectivity index is 2.38. The van der Waals surface area contributed by atoms with Crippen LogP contribution < -0.4 is 5.73 Å². The van der Waals surface area contributed by atoms with Crippen LogP contribution in [-0.2, 0) is 5.41 Å². The molecule has 1 heterocycles. The molecule has 0 aliphatic heterocycles. The zero-order valence-electron chi connectivity index (χ0n) is 9.35. The Morgan fingerprint density at radius 2 is 1.93 bits per heavy atom. The lowest BCUT2D eigenvalue weighted by Gasteiger charge is -2.28. The number of rotatable bonds is 2. The third-order valence-electron chi connectivity index (χ3n) is 3.60. The van der Waals surface area contributed by atoms with E-state index in [9.17, 15) is 0 Å². The minimum absolute atomic E-state index is 0.100. The molecule has 0 amide bonds. The summed E-state index contributed by atoms with van der Waals surface area (Å²) in [4.78, 5) is 4.44. The van der Waals surface area contributed by atoms with Gasteiger partial charge in [-0.15, -0.1) is 0 Å². The van der Waals surface area contributed by atoms with Crippen LogP contribution in [0.4, 0.5) is 0 Å². The topological polar surface area (TPSA) is 52.0 Å². The molecule has 0 saturated heterocycles. The first-order valence-corrected chi connectivity index (χ1v) is 5.10. The number of hydrogen-bond donors (Lipinski definition) is 1. The summed E-state index contributed by atoms with van der Waals surface area (Å²) in [7, 11) is 0. The van der Waals surface area contributed by atoms with Crippen LogP contribution in [0, 0.1) is 13.8 Å². The van der Waals surface area contributed by atoms with E-state index in [0.29, 0.717) is 0 Å². The maximum Gasteiger partial charge on any atom is 0.202 e. The standard InChI is InChI=1S/C11H18N2O/c1-7-8(2)14-9(13-7)10(3,4)11(12)5-6-11/h5-6,12H2,1-4H3. The van der Waals surface area contributed by atoms with Crippen molar-refractivity contribution in [3.05, 3.63) is 17.3 Å². The lowest BCUT2D eigenvalue weighted by Crippen LogP contribution is -2.43. The van der Waals surface area contributed by atoms with Gasteiger partial charge in [0.2, 0.25) is 5.89 Å². The largest absolute Gasteiger partial charge is 0.445 e. The molecule has 2 N–H and O–H groups in total. The summed E-state index contributed by atoms with van der Waals surface area (Å²) in [6.45, 7) is 8.14. The average Bonchev–Trinajstić information content (AvgIpc) is 2.75. The van der Waals surface area contributed by atoms with E-state index in [2.05, 4.69) is 18.8 Å². The summed E-state index contributed by atoms with van der Waals surface area (Å²) >= 11 is 0. The molecule has 1 aliphatic rings.